The molecule has 3 nitrogen and oxygen atoms in total. The van der Waals surface area contributed by atoms with E-state index < -0.39 is 17.4 Å². The predicted molar refractivity (Wildman–Crippen MR) is 56.2 cm³/mol. The Bertz CT molecular complexity index is 581. The summed E-state index contributed by atoms with van der Waals surface area (Å²) in [6, 6.07) is 4.89. The topological polar surface area (TPSA) is 54.7 Å². The van der Waals surface area contributed by atoms with Gasteiger partial charge < -0.3 is 5.73 Å². The van der Waals surface area contributed by atoms with Crippen LogP contribution in [0.5, 0.6) is 0 Å². The van der Waals surface area contributed by atoms with E-state index in [0.717, 1.165) is 0 Å². The zero-order chi connectivity index (χ0) is 12.3. The van der Waals surface area contributed by atoms with Crippen LogP contribution in [0.15, 0.2) is 18.2 Å². The number of aromatic amines is 1. The van der Waals surface area contributed by atoms with Crippen molar-refractivity contribution >= 4 is 10.9 Å². The zero-order valence-electron chi connectivity index (χ0n) is 8.80. The molecule has 0 amide bonds. The Morgan fingerprint density at radius 3 is 2.59 bits per heavy atom. The number of halogens is 3. The van der Waals surface area contributed by atoms with Gasteiger partial charge in [0, 0.05) is 10.9 Å². The highest BCUT2D eigenvalue weighted by Gasteiger charge is 2.44. The summed E-state index contributed by atoms with van der Waals surface area (Å²) in [5.41, 5.74) is 5.43. The van der Waals surface area contributed by atoms with E-state index in [1.807, 2.05) is 0 Å². The van der Waals surface area contributed by atoms with Crippen LogP contribution in [0.3, 0.4) is 0 Å². The largest absolute Gasteiger partial charge is 0.433 e. The number of hydrogen-bond acceptors (Lipinski definition) is 2. The molecule has 0 saturated heterocycles. The highest BCUT2D eigenvalue weighted by molar-refractivity contribution is 5.86. The Hall–Kier alpha value is -1.56. The molecule has 0 bridgehead atoms. The van der Waals surface area contributed by atoms with Gasteiger partial charge in [-0.2, -0.15) is 18.3 Å². The Morgan fingerprint density at radius 1 is 1.29 bits per heavy atom. The molecule has 90 valence electrons. The van der Waals surface area contributed by atoms with E-state index in [1.54, 1.807) is 18.2 Å². The number of fused-ring (bicyclic) bond motifs is 1. The second-order valence-corrected chi connectivity index (χ2v) is 4.45. The van der Waals surface area contributed by atoms with Crippen LogP contribution < -0.4 is 5.73 Å². The van der Waals surface area contributed by atoms with Crippen molar-refractivity contribution in [1.29, 1.82) is 0 Å². The average Bonchev–Trinajstić information content (AvgIpc) is 2.84. The fourth-order valence-electron chi connectivity index (χ4n) is 2.09. The predicted octanol–water partition coefficient (Wildman–Crippen LogP) is 2.53. The third-order valence-corrected chi connectivity index (χ3v) is 3.19. The molecule has 1 aliphatic rings. The van der Waals surface area contributed by atoms with Crippen molar-refractivity contribution in [3.8, 4) is 0 Å². The van der Waals surface area contributed by atoms with Crippen molar-refractivity contribution < 1.29 is 13.2 Å². The van der Waals surface area contributed by atoms with Gasteiger partial charge in [0.1, 0.15) is 5.69 Å². The molecule has 0 radical (unpaired) electrons. The van der Waals surface area contributed by atoms with Crippen LogP contribution in [0.1, 0.15) is 24.1 Å². The summed E-state index contributed by atoms with van der Waals surface area (Å²) >= 11 is 0. The Labute approximate surface area is 94.8 Å². The number of benzene rings is 1. The van der Waals surface area contributed by atoms with Crippen LogP contribution in [-0.4, -0.2) is 10.2 Å². The molecule has 1 aliphatic carbocycles. The number of aromatic nitrogens is 2. The van der Waals surface area contributed by atoms with Crippen LogP contribution in [0.4, 0.5) is 13.2 Å². The molecule has 1 heterocycles. The lowest BCUT2D eigenvalue weighted by Crippen LogP contribution is -2.20. The Morgan fingerprint density at radius 2 is 2.00 bits per heavy atom. The second kappa shape index (κ2) is 3.01. The number of nitrogens with zero attached hydrogens (tertiary/aromatic N) is 1. The minimum atomic E-state index is -4.43. The summed E-state index contributed by atoms with van der Waals surface area (Å²) in [6.45, 7) is 0. The molecular weight excluding hydrogens is 231 g/mol. The van der Waals surface area contributed by atoms with Crippen molar-refractivity contribution in [2.45, 2.75) is 24.6 Å². The molecule has 1 fully saturated rings. The average molecular weight is 241 g/mol. The van der Waals surface area contributed by atoms with Crippen molar-refractivity contribution in [1.82, 2.24) is 10.2 Å². The SMILES string of the molecule is NC1(c2cccc3n[nH]c(C(F)(F)F)c23)CC1. The van der Waals surface area contributed by atoms with Crippen LogP contribution in [0, 0.1) is 0 Å². The van der Waals surface area contributed by atoms with E-state index in [2.05, 4.69) is 10.2 Å². The minimum absolute atomic E-state index is 0.111. The summed E-state index contributed by atoms with van der Waals surface area (Å²) in [5, 5.41) is 5.86. The molecule has 0 spiro atoms. The van der Waals surface area contributed by atoms with Gasteiger partial charge in [-0.15, -0.1) is 0 Å². The first kappa shape index (κ1) is 10.6. The van der Waals surface area contributed by atoms with Crippen LogP contribution >= 0.6 is 0 Å². The molecule has 17 heavy (non-hydrogen) atoms. The van der Waals surface area contributed by atoms with Crippen molar-refractivity contribution in [2.75, 3.05) is 0 Å². The van der Waals surface area contributed by atoms with Crippen LogP contribution in [0.2, 0.25) is 0 Å². The molecule has 1 aromatic carbocycles. The summed E-state index contributed by atoms with van der Waals surface area (Å²) in [7, 11) is 0. The van der Waals surface area contributed by atoms with Crippen molar-refractivity contribution in [3.63, 3.8) is 0 Å². The fraction of sp³-hybridized carbons (Fsp3) is 0.364. The number of H-pyrrole nitrogens is 1. The van der Waals surface area contributed by atoms with E-state index in [0.29, 0.717) is 23.9 Å². The lowest BCUT2D eigenvalue weighted by atomic mass is 9.99. The molecular formula is C11H10F3N3. The van der Waals surface area contributed by atoms with Gasteiger partial charge in [-0.3, -0.25) is 5.10 Å². The summed E-state index contributed by atoms with van der Waals surface area (Å²) < 4.78 is 38.5. The standard InChI is InChI=1S/C11H10F3N3/c12-11(13,14)9-8-6(10(15)4-5-10)2-1-3-7(8)16-17-9/h1-3H,4-5,15H2,(H,16,17). The van der Waals surface area contributed by atoms with Gasteiger partial charge in [0.05, 0.1) is 5.52 Å². The molecule has 2 aromatic rings. The van der Waals surface area contributed by atoms with Gasteiger partial charge >= 0.3 is 6.18 Å². The van der Waals surface area contributed by atoms with Gasteiger partial charge in [-0.05, 0) is 24.5 Å². The highest BCUT2D eigenvalue weighted by atomic mass is 19.4. The molecule has 0 unspecified atom stereocenters. The second-order valence-electron chi connectivity index (χ2n) is 4.45. The normalized spacial score (nSPS) is 18.6. The molecule has 6 heteroatoms. The Balaban J connectivity index is 2.32. The highest BCUT2D eigenvalue weighted by Crippen LogP contribution is 2.47. The van der Waals surface area contributed by atoms with E-state index in [4.69, 9.17) is 5.73 Å². The van der Waals surface area contributed by atoms with Crippen LogP contribution in [0.25, 0.3) is 10.9 Å². The third-order valence-electron chi connectivity index (χ3n) is 3.19. The molecule has 3 rings (SSSR count). The van der Waals surface area contributed by atoms with Gasteiger partial charge in [-0.1, -0.05) is 12.1 Å². The van der Waals surface area contributed by atoms with E-state index in [9.17, 15) is 13.2 Å². The fourth-order valence-corrected chi connectivity index (χ4v) is 2.09. The molecule has 0 atom stereocenters. The maximum absolute atomic E-state index is 12.8. The number of hydrogen-bond donors (Lipinski definition) is 2. The monoisotopic (exact) mass is 241 g/mol. The van der Waals surface area contributed by atoms with E-state index >= 15 is 0 Å². The quantitative estimate of drug-likeness (QED) is 0.806. The minimum Gasteiger partial charge on any atom is -0.321 e. The van der Waals surface area contributed by atoms with E-state index in [1.165, 1.54) is 0 Å². The first-order chi connectivity index (χ1) is 7.92. The smallest absolute Gasteiger partial charge is 0.321 e. The van der Waals surface area contributed by atoms with Crippen LogP contribution in [-0.2, 0) is 11.7 Å². The van der Waals surface area contributed by atoms with Gasteiger partial charge in [-0.25, -0.2) is 0 Å². The number of nitrogens with one attached hydrogen (secondary N) is 1. The third kappa shape index (κ3) is 1.51. The Kier molecular flexibility index (Phi) is 1.87. The van der Waals surface area contributed by atoms with E-state index in [-0.39, 0.29) is 5.39 Å². The maximum atomic E-state index is 12.8. The molecule has 3 N–H and O–H groups in total. The number of rotatable bonds is 1. The first-order valence-corrected chi connectivity index (χ1v) is 5.25. The van der Waals surface area contributed by atoms with Gasteiger partial charge in [0.2, 0.25) is 0 Å². The molecule has 0 aliphatic heterocycles. The molecule has 1 aromatic heterocycles. The zero-order valence-corrected chi connectivity index (χ0v) is 8.80. The lowest BCUT2D eigenvalue weighted by molar-refractivity contribution is -0.140. The van der Waals surface area contributed by atoms with Gasteiger partial charge in [0.25, 0.3) is 0 Å². The number of alkyl halides is 3. The van der Waals surface area contributed by atoms with Gasteiger partial charge in [0.15, 0.2) is 0 Å². The lowest BCUT2D eigenvalue weighted by Gasteiger charge is -2.12. The van der Waals surface area contributed by atoms with Crippen molar-refractivity contribution in [3.05, 3.63) is 29.5 Å². The number of nitrogens with two attached hydrogens (primary N) is 1. The summed E-state index contributed by atoms with van der Waals surface area (Å²) in [4.78, 5) is 0. The van der Waals surface area contributed by atoms with Crippen molar-refractivity contribution in [2.24, 2.45) is 5.73 Å². The summed E-state index contributed by atoms with van der Waals surface area (Å²) in [6.07, 6.45) is -3.00. The summed E-state index contributed by atoms with van der Waals surface area (Å²) in [5.74, 6) is 0. The maximum Gasteiger partial charge on any atom is 0.433 e. The first-order valence-electron chi connectivity index (χ1n) is 5.25. The molecule has 1 saturated carbocycles.